The van der Waals surface area contributed by atoms with Crippen LogP contribution in [0, 0.1) is 12.3 Å². The van der Waals surface area contributed by atoms with E-state index in [2.05, 4.69) is 21.2 Å². The number of aryl methyl sites for hydroxylation is 1. The number of hydrogen-bond donors (Lipinski definition) is 1. The number of amides is 1. The van der Waals surface area contributed by atoms with E-state index in [1.54, 1.807) is 0 Å². The average molecular weight is 490 g/mol. The first-order valence-corrected chi connectivity index (χ1v) is 11.5. The standard InChI is InChI=1S/C25H32BrNO4/c1-19-9-8-12-21(13-19)25(4,22(28)14-26)18-30-17-24(2,3)16-27-23(29)31-15-20-10-6-5-7-11-20/h5-13H,14-18H2,1-4H3,(H,27,29). The smallest absolute Gasteiger partial charge is 0.407 e. The van der Waals surface area contributed by atoms with E-state index in [4.69, 9.17) is 9.47 Å². The highest BCUT2D eigenvalue weighted by molar-refractivity contribution is 9.09. The molecule has 168 valence electrons. The van der Waals surface area contributed by atoms with Crippen molar-refractivity contribution in [3.05, 3.63) is 71.3 Å². The number of alkyl carbamates (subject to hydrolysis) is 1. The highest BCUT2D eigenvalue weighted by Gasteiger charge is 2.35. The molecule has 0 heterocycles. The van der Waals surface area contributed by atoms with Gasteiger partial charge in [0.15, 0.2) is 5.78 Å². The number of Topliss-reactive ketones (excluding diaryl/α,β-unsaturated/α-hetero) is 1. The third kappa shape index (κ3) is 7.78. The van der Waals surface area contributed by atoms with Gasteiger partial charge in [-0.3, -0.25) is 4.79 Å². The largest absolute Gasteiger partial charge is 0.445 e. The molecule has 1 unspecified atom stereocenters. The summed E-state index contributed by atoms with van der Waals surface area (Å²) in [5, 5.41) is 3.06. The van der Waals surface area contributed by atoms with Crippen LogP contribution in [-0.2, 0) is 26.3 Å². The van der Waals surface area contributed by atoms with Crippen molar-refractivity contribution < 1.29 is 19.1 Å². The number of ether oxygens (including phenoxy) is 2. The van der Waals surface area contributed by atoms with Gasteiger partial charge in [0.1, 0.15) is 6.61 Å². The van der Waals surface area contributed by atoms with E-state index in [-0.39, 0.29) is 29.7 Å². The molecule has 31 heavy (non-hydrogen) atoms. The van der Waals surface area contributed by atoms with Crippen LogP contribution in [0.5, 0.6) is 0 Å². The second-order valence-electron chi connectivity index (χ2n) is 8.83. The van der Waals surface area contributed by atoms with E-state index < -0.39 is 11.5 Å². The summed E-state index contributed by atoms with van der Waals surface area (Å²) in [5.41, 5.74) is 1.92. The molecule has 0 spiro atoms. The lowest BCUT2D eigenvalue weighted by atomic mass is 9.79. The third-order valence-electron chi connectivity index (χ3n) is 5.20. The highest BCUT2D eigenvalue weighted by Crippen LogP contribution is 2.28. The number of ketones is 1. The summed E-state index contributed by atoms with van der Waals surface area (Å²) < 4.78 is 11.3. The summed E-state index contributed by atoms with van der Waals surface area (Å²) in [6.07, 6.45) is -0.462. The van der Waals surface area contributed by atoms with E-state index in [0.717, 1.165) is 16.7 Å². The molecule has 0 aliphatic heterocycles. The molecular formula is C25H32BrNO4. The van der Waals surface area contributed by atoms with Crippen LogP contribution < -0.4 is 5.32 Å². The van der Waals surface area contributed by atoms with Crippen LogP contribution in [0.4, 0.5) is 4.79 Å². The van der Waals surface area contributed by atoms with E-state index in [0.29, 0.717) is 13.2 Å². The molecule has 2 aromatic rings. The number of rotatable bonds is 11. The summed E-state index contributed by atoms with van der Waals surface area (Å²) in [4.78, 5) is 24.7. The molecule has 0 aliphatic rings. The van der Waals surface area contributed by atoms with E-state index in [1.807, 2.05) is 82.3 Å². The third-order valence-corrected chi connectivity index (χ3v) is 5.71. The van der Waals surface area contributed by atoms with Gasteiger partial charge in [-0.2, -0.15) is 0 Å². The SMILES string of the molecule is Cc1cccc(C(C)(COCC(C)(C)CNC(=O)OCc2ccccc2)C(=O)CBr)c1. The first-order chi connectivity index (χ1) is 14.7. The van der Waals surface area contributed by atoms with Crippen molar-refractivity contribution in [2.24, 2.45) is 5.41 Å². The van der Waals surface area contributed by atoms with E-state index >= 15 is 0 Å². The fourth-order valence-electron chi connectivity index (χ4n) is 3.13. The minimum absolute atomic E-state index is 0.0681. The quantitative estimate of drug-likeness (QED) is 0.441. The zero-order chi connectivity index (χ0) is 22.9. The normalized spacial score (nSPS) is 13.3. The van der Waals surface area contributed by atoms with Gasteiger partial charge >= 0.3 is 6.09 Å². The predicted octanol–water partition coefficient (Wildman–Crippen LogP) is 5.19. The van der Waals surface area contributed by atoms with Gasteiger partial charge in [0.25, 0.3) is 0 Å². The average Bonchev–Trinajstić information content (AvgIpc) is 2.76. The van der Waals surface area contributed by atoms with Crippen molar-refractivity contribution in [3.8, 4) is 0 Å². The Morgan fingerprint density at radius 2 is 1.71 bits per heavy atom. The van der Waals surface area contributed by atoms with Crippen molar-refractivity contribution in [3.63, 3.8) is 0 Å². The van der Waals surface area contributed by atoms with Gasteiger partial charge in [-0.05, 0) is 25.0 Å². The number of carbonyl (C=O) groups is 2. The zero-order valence-electron chi connectivity index (χ0n) is 18.7. The van der Waals surface area contributed by atoms with Crippen molar-refractivity contribution in [2.45, 2.75) is 39.7 Å². The molecule has 0 saturated heterocycles. The van der Waals surface area contributed by atoms with Gasteiger partial charge in [0, 0.05) is 12.0 Å². The predicted molar refractivity (Wildman–Crippen MR) is 127 cm³/mol. The van der Waals surface area contributed by atoms with Crippen molar-refractivity contribution in [1.29, 1.82) is 0 Å². The molecule has 5 nitrogen and oxygen atoms in total. The maximum atomic E-state index is 12.7. The van der Waals surface area contributed by atoms with Crippen LogP contribution in [0.25, 0.3) is 0 Å². The van der Waals surface area contributed by atoms with E-state index in [1.165, 1.54) is 0 Å². The molecule has 0 radical (unpaired) electrons. The molecule has 2 rings (SSSR count). The van der Waals surface area contributed by atoms with Crippen molar-refractivity contribution in [2.75, 3.05) is 25.1 Å². The topological polar surface area (TPSA) is 64.6 Å². The lowest BCUT2D eigenvalue weighted by molar-refractivity contribution is -0.124. The van der Waals surface area contributed by atoms with E-state index in [9.17, 15) is 9.59 Å². The number of halogens is 1. The van der Waals surface area contributed by atoms with Gasteiger partial charge in [-0.15, -0.1) is 0 Å². The maximum Gasteiger partial charge on any atom is 0.407 e. The Hall–Kier alpha value is -2.18. The molecule has 1 amide bonds. The summed E-state index contributed by atoms with van der Waals surface area (Å²) in [5.74, 6) is 0.0681. The Labute approximate surface area is 193 Å². The molecule has 1 N–H and O–H groups in total. The summed E-state index contributed by atoms with van der Waals surface area (Å²) in [7, 11) is 0. The molecule has 6 heteroatoms. The van der Waals surface area contributed by atoms with Crippen molar-refractivity contribution >= 4 is 27.8 Å². The molecule has 0 aliphatic carbocycles. The number of benzene rings is 2. The van der Waals surface area contributed by atoms with Gasteiger partial charge < -0.3 is 14.8 Å². The highest BCUT2D eigenvalue weighted by atomic mass is 79.9. The van der Waals surface area contributed by atoms with Crippen LogP contribution in [0.2, 0.25) is 0 Å². The first kappa shape index (κ1) is 25.1. The van der Waals surface area contributed by atoms with Gasteiger partial charge in [0.05, 0.1) is 24.0 Å². The fourth-order valence-corrected chi connectivity index (χ4v) is 3.75. The van der Waals surface area contributed by atoms with Gasteiger partial charge in [-0.25, -0.2) is 4.79 Å². The molecule has 1 atom stereocenters. The number of nitrogens with one attached hydrogen (secondary N) is 1. The lowest BCUT2D eigenvalue weighted by Crippen LogP contribution is -2.41. The second kappa shape index (κ2) is 11.4. The summed E-state index contributed by atoms with van der Waals surface area (Å²) in [6.45, 7) is 9.21. The van der Waals surface area contributed by atoms with Crippen LogP contribution in [0.15, 0.2) is 54.6 Å². The lowest BCUT2D eigenvalue weighted by Gasteiger charge is -2.31. The Morgan fingerprint density at radius 3 is 2.35 bits per heavy atom. The first-order valence-electron chi connectivity index (χ1n) is 10.3. The van der Waals surface area contributed by atoms with Crippen LogP contribution in [0.3, 0.4) is 0 Å². The minimum atomic E-state index is -0.742. The van der Waals surface area contributed by atoms with Crippen LogP contribution in [0.1, 0.15) is 37.5 Å². The molecule has 0 saturated carbocycles. The van der Waals surface area contributed by atoms with Crippen LogP contribution in [-0.4, -0.2) is 37.0 Å². The molecular weight excluding hydrogens is 458 g/mol. The van der Waals surface area contributed by atoms with Crippen molar-refractivity contribution in [1.82, 2.24) is 5.32 Å². The number of carbonyl (C=O) groups excluding carboxylic acids is 2. The molecule has 0 bridgehead atoms. The second-order valence-corrected chi connectivity index (χ2v) is 9.39. The molecule has 0 aromatic heterocycles. The Bertz CT molecular complexity index is 869. The Kier molecular flexibility index (Phi) is 9.26. The maximum absolute atomic E-state index is 12.7. The number of hydrogen-bond acceptors (Lipinski definition) is 4. The zero-order valence-corrected chi connectivity index (χ0v) is 20.3. The fraction of sp³-hybridized carbons (Fsp3) is 0.440. The molecule has 2 aromatic carbocycles. The van der Waals surface area contributed by atoms with Gasteiger partial charge in [-0.1, -0.05) is 89.9 Å². The molecule has 0 fully saturated rings. The summed E-state index contributed by atoms with van der Waals surface area (Å²) in [6, 6.07) is 17.5. The van der Waals surface area contributed by atoms with Crippen LogP contribution >= 0.6 is 15.9 Å². The summed E-state index contributed by atoms with van der Waals surface area (Å²) >= 11 is 3.30. The van der Waals surface area contributed by atoms with Gasteiger partial charge in [0.2, 0.25) is 0 Å². The number of alkyl halides is 1. The minimum Gasteiger partial charge on any atom is -0.445 e. The monoisotopic (exact) mass is 489 g/mol. The Balaban J connectivity index is 1.86. The Morgan fingerprint density at radius 1 is 1.00 bits per heavy atom.